The van der Waals surface area contributed by atoms with Crippen molar-refractivity contribution in [3.05, 3.63) is 30.3 Å². The molecule has 0 N–H and O–H groups in total. The first kappa shape index (κ1) is 17.7. The molecule has 2 aliphatic carbocycles. The molecule has 4 aliphatic rings. The van der Waals surface area contributed by atoms with Gasteiger partial charge in [-0.2, -0.15) is 0 Å². The highest BCUT2D eigenvalue weighted by Crippen LogP contribution is 2.70. The van der Waals surface area contributed by atoms with E-state index in [9.17, 15) is 9.59 Å². The molecule has 6 heteroatoms. The molecule has 2 aliphatic heterocycles. The van der Waals surface area contributed by atoms with Gasteiger partial charge in [-0.15, -0.1) is 0 Å². The minimum atomic E-state index is -0.633. The van der Waals surface area contributed by atoms with Crippen LogP contribution >= 0.6 is 0 Å². The Morgan fingerprint density at radius 2 is 2.04 bits per heavy atom. The van der Waals surface area contributed by atoms with Crippen molar-refractivity contribution in [3.8, 4) is 0 Å². The number of amides is 2. The highest BCUT2D eigenvalue weighted by molar-refractivity contribution is 6.06. The maximum Gasteiger partial charge on any atom is 0.286 e. The summed E-state index contributed by atoms with van der Waals surface area (Å²) in [7, 11) is 0. The Kier molecular flexibility index (Phi) is 3.68. The van der Waals surface area contributed by atoms with Crippen molar-refractivity contribution < 1.29 is 14.4 Å². The van der Waals surface area contributed by atoms with E-state index in [1.54, 1.807) is 10.0 Å². The number of fused-ring (bicyclic) bond motifs is 1. The largest absolute Gasteiger partial charge is 0.382 e. The van der Waals surface area contributed by atoms with Crippen molar-refractivity contribution in [2.24, 2.45) is 21.9 Å². The first-order valence-corrected chi connectivity index (χ1v) is 10.4. The number of nitrogens with zero attached hydrogens (tertiary/aromatic N) is 3. The van der Waals surface area contributed by atoms with Gasteiger partial charge < -0.3 is 4.84 Å². The Bertz CT molecular complexity index is 865. The van der Waals surface area contributed by atoms with Crippen molar-refractivity contribution in [3.63, 3.8) is 0 Å². The third-order valence-electron chi connectivity index (χ3n) is 7.86. The zero-order chi connectivity index (χ0) is 19.7. The van der Waals surface area contributed by atoms with Crippen LogP contribution in [0, 0.1) is 16.7 Å². The van der Waals surface area contributed by atoms with Gasteiger partial charge in [-0.25, -0.2) is 10.0 Å². The number of hydrogen-bond donors (Lipinski definition) is 0. The predicted octanol–water partition coefficient (Wildman–Crippen LogP) is 3.53. The van der Waals surface area contributed by atoms with Gasteiger partial charge >= 0.3 is 0 Å². The highest BCUT2D eigenvalue weighted by atomic mass is 16.6. The lowest BCUT2D eigenvalue weighted by molar-refractivity contribution is -0.145. The molecule has 2 heterocycles. The third-order valence-corrected chi connectivity index (χ3v) is 7.86. The summed E-state index contributed by atoms with van der Waals surface area (Å²) in [5.74, 6) is 0.396. The van der Waals surface area contributed by atoms with Crippen LogP contribution in [0.3, 0.4) is 0 Å². The van der Waals surface area contributed by atoms with Gasteiger partial charge in [0.2, 0.25) is 6.10 Å². The molecule has 0 radical (unpaired) electrons. The first-order chi connectivity index (χ1) is 13.4. The van der Waals surface area contributed by atoms with Gasteiger partial charge in [0, 0.05) is 6.42 Å². The Balaban J connectivity index is 1.58. The Labute approximate surface area is 165 Å². The molecule has 3 unspecified atom stereocenters. The second-order valence-electron chi connectivity index (χ2n) is 9.12. The molecule has 2 saturated carbocycles. The van der Waals surface area contributed by atoms with Crippen molar-refractivity contribution in [2.75, 3.05) is 5.01 Å². The van der Waals surface area contributed by atoms with E-state index in [4.69, 9.17) is 4.84 Å². The minimum absolute atomic E-state index is 0.0664. The molecular formula is C22H27N3O3. The normalized spacial score (nSPS) is 35.2. The molecule has 2 amide bonds. The monoisotopic (exact) mass is 381 g/mol. The van der Waals surface area contributed by atoms with Gasteiger partial charge in [-0.3, -0.25) is 9.59 Å². The van der Waals surface area contributed by atoms with Gasteiger partial charge in [0.05, 0.1) is 22.9 Å². The molecule has 4 atom stereocenters. The van der Waals surface area contributed by atoms with Crippen LogP contribution in [0.2, 0.25) is 0 Å². The Hall–Kier alpha value is -2.37. The van der Waals surface area contributed by atoms with E-state index < -0.39 is 11.5 Å². The van der Waals surface area contributed by atoms with Crippen LogP contribution in [0.5, 0.6) is 0 Å². The SMILES string of the molecule is CCC1=NO[C@@H](C(=O)N2C3CC4CCC3(C(=O)N2c2ccccc2)C4(C)C)C1. The number of oxime groups is 1. The van der Waals surface area contributed by atoms with E-state index in [2.05, 4.69) is 19.0 Å². The van der Waals surface area contributed by atoms with Crippen molar-refractivity contribution in [1.29, 1.82) is 0 Å². The number of anilines is 1. The summed E-state index contributed by atoms with van der Waals surface area (Å²) in [5, 5.41) is 7.45. The summed E-state index contributed by atoms with van der Waals surface area (Å²) in [6.07, 6.45) is 3.43. The number of hydrogen-bond acceptors (Lipinski definition) is 4. The molecule has 1 aromatic rings. The second-order valence-corrected chi connectivity index (χ2v) is 9.12. The number of hydrazine groups is 1. The average Bonchev–Trinajstić information content (AvgIpc) is 3.41. The number of benzene rings is 1. The van der Waals surface area contributed by atoms with Gasteiger partial charge in [-0.05, 0) is 49.1 Å². The van der Waals surface area contributed by atoms with Crippen LogP contribution in [0.4, 0.5) is 5.69 Å². The number of carbonyl (C=O) groups excluding carboxylic acids is 2. The van der Waals surface area contributed by atoms with Crippen molar-refractivity contribution in [1.82, 2.24) is 5.01 Å². The van der Waals surface area contributed by atoms with Crippen molar-refractivity contribution in [2.45, 2.75) is 65.0 Å². The molecule has 5 rings (SSSR count). The predicted molar refractivity (Wildman–Crippen MR) is 105 cm³/mol. The molecule has 28 heavy (non-hydrogen) atoms. The Morgan fingerprint density at radius 1 is 1.29 bits per heavy atom. The fraction of sp³-hybridized carbons (Fsp3) is 0.591. The summed E-state index contributed by atoms with van der Waals surface area (Å²) in [4.78, 5) is 33.0. The van der Waals surface area contributed by atoms with Crippen molar-refractivity contribution >= 4 is 23.2 Å². The molecular weight excluding hydrogens is 354 g/mol. The van der Waals surface area contributed by atoms with Crippen LogP contribution in [0.25, 0.3) is 0 Å². The minimum Gasteiger partial charge on any atom is -0.382 e. The first-order valence-electron chi connectivity index (χ1n) is 10.4. The fourth-order valence-electron chi connectivity index (χ4n) is 6.17. The zero-order valence-electron chi connectivity index (χ0n) is 16.7. The maximum atomic E-state index is 13.9. The molecule has 0 aromatic heterocycles. The molecule has 3 fully saturated rings. The molecule has 148 valence electrons. The number of rotatable bonds is 3. The molecule has 2 bridgehead atoms. The third kappa shape index (κ3) is 2.01. The summed E-state index contributed by atoms with van der Waals surface area (Å²) in [6.45, 7) is 6.44. The lowest BCUT2D eigenvalue weighted by atomic mass is 9.67. The lowest BCUT2D eigenvalue weighted by Crippen LogP contribution is -2.51. The smallest absolute Gasteiger partial charge is 0.286 e. The highest BCUT2D eigenvalue weighted by Gasteiger charge is 2.75. The molecule has 1 saturated heterocycles. The summed E-state index contributed by atoms with van der Waals surface area (Å²) in [6, 6.07) is 9.44. The fourth-order valence-corrected chi connectivity index (χ4v) is 6.17. The van der Waals surface area contributed by atoms with Crippen LogP contribution in [-0.4, -0.2) is 34.7 Å². The van der Waals surface area contributed by atoms with Crippen LogP contribution in [0.15, 0.2) is 35.5 Å². The maximum absolute atomic E-state index is 13.9. The van der Waals surface area contributed by atoms with E-state index in [1.807, 2.05) is 37.3 Å². The summed E-state index contributed by atoms with van der Waals surface area (Å²) in [5.41, 5.74) is 1.03. The molecule has 1 aromatic carbocycles. The van der Waals surface area contributed by atoms with Crippen LogP contribution in [-0.2, 0) is 14.4 Å². The zero-order valence-corrected chi connectivity index (χ0v) is 16.7. The Morgan fingerprint density at radius 3 is 2.68 bits per heavy atom. The molecule has 1 spiro atoms. The van der Waals surface area contributed by atoms with Gasteiger partial charge in [0.1, 0.15) is 0 Å². The summed E-state index contributed by atoms with van der Waals surface area (Å²) < 4.78 is 0. The van der Waals surface area contributed by atoms with E-state index in [0.717, 1.165) is 37.1 Å². The quantitative estimate of drug-likeness (QED) is 0.805. The molecule has 6 nitrogen and oxygen atoms in total. The van der Waals surface area contributed by atoms with Gasteiger partial charge in [0.15, 0.2) is 0 Å². The second kappa shape index (κ2) is 5.82. The van der Waals surface area contributed by atoms with E-state index in [0.29, 0.717) is 12.3 Å². The summed E-state index contributed by atoms with van der Waals surface area (Å²) >= 11 is 0. The topological polar surface area (TPSA) is 62.2 Å². The van der Waals surface area contributed by atoms with Crippen LogP contribution in [0.1, 0.15) is 52.9 Å². The van der Waals surface area contributed by atoms with Gasteiger partial charge in [0.25, 0.3) is 11.8 Å². The number of para-hydroxylation sites is 1. The average molecular weight is 381 g/mol. The standard InChI is InChI=1S/C22H27N3O3/c1-4-15-13-17(28-23-15)19(26)25-18-12-14-10-11-22(18,21(14,2)3)20(27)24(25)16-8-6-5-7-9-16/h5-9,14,17-18H,4,10-13H2,1-3H3/t14?,17-,18?,22?/m1/s1. The van der Waals surface area contributed by atoms with E-state index >= 15 is 0 Å². The number of carbonyl (C=O) groups is 2. The van der Waals surface area contributed by atoms with E-state index in [1.165, 1.54) is 0 Å². The van der Waals surface area contributed by atoms with Gasteiger partial charge in [-0.1, -0.05) is 44.1 Å². The van der Waals surface area contributed by atoms with E-state index in [-0.39, 0.29) is 23.3 Å². The lowest BCUT2D eigenvalue weighted by Gasteiger charge is -2.35. The van der Waals surface area contributed by atoms with Crippen LogP contribution < -0.4 is 5.01 Å².